The van der Waals surface area contributed by atoms with E-state index in [1.165, 1.54) is 0 Å². The maximum Gasteiger partial charge on any atom is 0.267 e. The number of Topliss-reactive ketones (excluding diaryl/α,β-unsaturated/α-hetero) is 1. The van der Waals surface area contributed by atoms with E-state index in [0.717, 1.165) is 29.7 Å². The number of hydrogen-bond acceptors (Lipinski definition) is 4. The molecule has 0 N–H and O–H groups in total. The smallest absolute Gasteiger partial charge is 0.267 e. The van der Waals surface area contributed by atoms with E-state index < -0.39 is 5.66 Å². The van der Waals surface area contributed by atoms with Gasteiger partial charge >= 0.3 is 0 Å². The van der Waals surface area contributed by atoms with Crippen LogP contribution in [-0.2, 0) is 21.8 Å². The highest BCUT2D eigenvalue weighted by molar-refractivity contribution is 6.08. The first-order chi connectivity index (χ1) is 15.0. The van der Waals surface area contributed by atoms with E-state index in [-0.39, 0.29) is 16.7 Å². The average molecular weight is 416 g/mol. The predicted molar refractivity (Wildman–Crippen MR) is 119 cm³/mol. The Bertz CT molecular complexity index is 1040. The molecule has 0 radical (unpaired) electrons. The fourth-order valence-electron chi connectivity index (χ4n) is 6.90. The minimum Gasteiger partial charge on any atom is -0.304 e. The highest BCUT2D eigenvalue weighted by Gasteiger charge is 2.73. The summed E-state index contributed by atoms with van der Waals surface area (Å²) in [5.41, 5.74) is 1.75. The maximum atomic E-state index is 14.3. The molecular weight excluding hydrogens is 386 g/mol. The molecule has 2 aromatic carbocycles. The van der Waals surface area contributed by atoms with Gasteiger partial charge in [0.05, 0.1) is 23.1 Å². The molecule has 31 heavy (non-hydrogen) atoms. The molecule has 1 spiro atoms. The first-order valence-electron chi connectivity index (χ1n) is 11.5. The molecule has 7 rings (SSSR count). The quantitative estimate of drug-likeness (QED) is 0.768. The Kier molecular flexibility index (Phi) is 3.88. The number of fused-ring (bicyclic) bond motifs is 1. The summed E-state index contributed by atoms with van der Waals surface area (Å²) in [6.45, 7) is 7.56. The van der Waals surface area contributed by atoms with Crippen LogP contribution in [-0.4, -0.2) is 47.7 Å². The predicted octanol–water partition coefficient (Wildman–Crippen LogP) is 3.39. The molecule has 4 fully saturated rings. The fourth-order valence-corrected chi connectivity index (χ4v) is 6.90. The summed E-state index contributed by atoms with van der Waals surface area (Å²) in [5.74, 6) is 0.577. The summed E-state index contributed by atoms with van der Waals surface area (Å²) in [5, 5.41) is 0. The summed E-state index contributed by atoms with van der Waals surface area (Å²) < 4.78 is 0. The van der Waals surface area contributed by atoms with Crippen LogP contribution in [0.3, 0.4) is 0 Å². The Morgan fingerprint density at radius 3 is 1.90 bits per heavy atom. The first kappa shape index (κ1) is 19.2. The SMILES string of the molecule is CCC12CN3CC(CC)(CN(C1)C31C(=O)N(Cc3ccccc3)c3ccccc31)C2=O. The van der Waals surface area contributed by atoms with Crippen molar-refractivity contribution in [3.05, 3.63) is 65.7 Å². The summed E-state index contributed by atoms with van der Waals surface area (Å²) in [4.78, 5) is 34.6. The van der Waals surface area contributed by atoms with Gasteiger partial charge in [0.25, 0.3) is 5.91 Å². The number of nitrogens with zero attached hydrogens (tertiary/aromatic N) is 3. The van der Waals surface area contributed by atoms with E-state index in [0.29, 0.717) is 38.5 Å². The lowest BCUT2D eigenvalue weighted by molar-refractivity contribution is -0.234. The first-order valence-corrected chi connectivity index (χ1v) is 11.5. The summed E-state index contributed by atoms with van der Waals surface area (Å²) in [6.07, 6.45) is 1.67. The molecule has 0 atom stereocenters. The van der Waals surface area contributed by atoms with Gasteiger partial charge in [-0.05, 0) is 24.5 Å². The fraction of sp³-hybridized carbons (Fsp3) is 0.462. The maximum absolute atomic E-state index is 14.3. The van der Waals surface area contributed by atoms with Crippen molar-refractivity contribution in [1.82, 2.24) is 9.80 Å². The lowest BCUT2D eigenvalue weighted by atomic mass is 9.57. The molecule has 5 aliphatic heterocycles. The topological polar surface area (TPSA) is 43.9 Å². The number of para-hydroxylation sites is 1. The lowest BCUT2D eigenvalue weighted by Gasteiger charge is -2.69. The second-order valence-corrected chi connectivity index (χ2v) is 9.88. The zero-order valence-electron chi connectivity index (χ0n) is 18.3. The van der Waals surface area contributed by atoms with Gasteiger partial charge in [-0.25, -0.2) is 0 Å². The van der Waals surface area contributed by atoms with Crippen LogP contribution in [0.1, 0.15) is 37.8 Å². The van der Waals surface area contributed by atoms with Crippen molar-refractivity contribution < 1.29 is 9.59 Å². The number of ketones is 1. The Hall–Kier alpha value is -2.50. The third kappa shape index (κ3) is 2.18. The Morgan fingerprint density at radius 1 is 0.774 bits per heavy atom. The Morgan fingerprint density at radius 2 is 1.32 bits per heavy atom. The molecule has 0 aromatic heterocycles. The van der Waals surface area contributed by atoms with Crippen LogP contribution in [0, 0.1) is 10.8 Å². The van der Waals surface area contributed by atoms with Gasteiger partial charge in [0, 0.05) is 31.7 Å². The second-order valence-electron chi connectivity index (χ2n) is 9.88. The van der Waals surface area contributed by atoms with Crippen molar-refractivity contribution in [2.45, 2.75) is 38.9 Å². The molecule has 2 aromatic rings. The van der Waals surface area contributed by atoms with E-state index in [2.05, 4.69) is 47.9 Å². The van der Waals surface area contributed by atoms with Crippen molar-refractivity contribution >= 4 is 17.4 Å². The van der Waals surface area contributed by atoms with E-state index >= 15 is 0 Å². The number of carbonyl (C=O) groups is 2. The molecule has 1 amide bonds. The molecule has 4 bridgehead atoms. The van der Waals surface area contributed by atoms with Crippen molar-refractivity contribution in [1.29, 1.82) is 0 Å². The Labute approximate surface area is 183 Å². The molecule has 0 saturated carbocycles. The zero-order chi connectivity index (χ0) is 21.4. The molecular formula is C26H29N3O2. The molecule has 0 aliphatic carbocycles. The number of amides is 1. The number of benzene rings is 2. The molecule has 5 heterocycles. The minimum atomic E-state index is -0.774. The van der Waals surface area contributed by atoms with Crippen molar-refractivity contribution in [3.63, 3.8) is 0 Å². The number of hydrogen-bond donors (Lipinski definition) is 0. The van der Waals surface area contributed by atoms with Gasteiger partial charge in [-0.1, -0.05) is 62.4 Å². The zero-order valence-corrected chi connectivity index (χ0v) is 18.3. The van der Waals surface area contributed by atoms with Gasteiger partial charge in [0.2, 0.25) is 0 Å². The molecule has 5 aliphatic rings. The van der Waals surface area contributed by atoms with E-state index in [1.807, 2.05) is 35.2 Å². The lowest BCUT2D eigenvalue weighted by Crippen LogP contribution is -2.84. The molecule has 160 valence electrons. The largest absolute Gasteiger partial charge is 0.304 e. The third-order valence-corrected chi connectivity index (χ3v) is 8.50. The minimum absolute atomic E-state index is 0.140. The van der Waals surface area contributed by atoms with E-state index in [9.17, 15) is 9.59 Å². The van der Waals surface area contributed by atoms with Gasteiger partial charge in [0.1, 0.15) is 5.78 Å². The molecule has 5 nitrogen and oxygen atoms in total. The number of anilines is 1. The standard InChI is InChI=1S/C26H29N3O2/c1-3-24-15-27-17-25(4-2,22(24)30)18-28(16-24)26(27)20-12-8-9-13-21(20)29(23(26)31)14-19-10-6-5-7-11-19/h5-13H,3-4,14-18H2,1-2H3. The van der Waals surface area contributed by atoms with Crippen LogP contribution in [0.4, 0.5) is 5.69 Å². The van der Waals surface area contributed by atoms with E-state index in [1.54, 1.807) is 0 Å². The van der Waals surface area contributed by atoms with Crippen molar-refractivity contribution in [2.75, 3.05) is 31.1 Å². The third-order valence-electron chi connectivity index (χ3n) is 8.50. The average Bonchev–Trinajstić information content (AvgIpc) is 3.03. The van der Waals surface area contributed by atoms with Crippen molar-refractivity contribution in [3.8, 4) is 0 Å². The normalized spacial score (nSPS) is 37.7. The molecule has 4 saturated heterocycles. The highest BCUT2D eigenvalue weighted by atomic mass is 16.2. The van der Waals surface area contributed by atoms with Crippen LogP contribution in [0.2, 0.25) is 0 Å². The van der Waals surface area contributed by atoms with Gasteiger partial charge in [-0.15, -0.1) is 0 Å². The number of piperidine rings is 2. The molecule has 0 unspecified atom stereocenters. The van der Waals surface area contributed by atoms with Gasteiger partial charge in [-0.2, -0.15) is 0 Å². The Balaban J connectivity index is 1.49. The number of rotatable bonds is 4. The second kappa shape index (κ2) is 6.27. The number of carbonyl (C=O) groups excluding carboxylic acids is 2. The van der Waals surface area contributed by atoms with Crippen LogP contribution >= 0.6 is 0 Å². The van der Waals surface area contributed by atoms with Crippen LogP contribution in [0.15, 0.2) is 54.6 Å². The van der Waals surface area contributed by atoms with Gasteiger partial charge < -0.3 is 4.90 Å². The van der Waals surface area contributed by atoms with Crippen LogP contribution < -0.4 is 4.90 Å². The summed E-state index contributed by atoms with van der Waals surface area (Å²) in [7, 11) is 0. The van der Waals surface area contributed by atoms with Gasteiger partial charge in [-0.3, -0.25) is 19.4 Å². The summed E-state index contributed by atoms with van der Waals surface area (Å²) >= 11 is 0. The molecule has 5 heteroatoms. The van der Waals surface area contributed by atoms with Gasteiger partial charge in [0.15, 0.2) is 5.66 Å². The van der Waals surface area contributed by atoms with Crippen molar-refractivity contribution in [2.24, 2.45) is 10.8 Å². The summed E-state index contributed by atoms with van der Waals surface area (Å²) in [6, 6.07) is 18.5. The van der Waals surface area contributed by atoms with E-state index in [4.69, 9.17) is 0 Å². The van der Waals surface area contributed by atoms with Crippen LogP contribution in [0.5, 0.6) is 0 Å². The monoisotopic (exact) mass is 415 g/mol. The van der Waals surface area contributed by atoms with Crippen LogP contribution in [0.25, 0.3) is 0 Å². The highest BCUT2D eigenvalue weighted by Crippen LogP contribution is 2.60.